The summed E-state index contributed by atoms with van der Waals surface area (Å²) in [6, 6.07) is 8.36. The highest BCUT2D eigenvalue weighted by Gasteiger charge is 1.97. The highest BCUT2D eigenvalue weighted by Crippen LogP contribution is 2.16. The second-order valence-corrected chi connectivity index (χ2v) is 2.80. The van der Waals surface area contributed by atoms with Crippen LogP contribution in [0.4, 0.5) is 5.69 Å². The summed E-state index contributed by atoms with van der Waals surface area (Å²) in [6.07, 6.45) is 4.56. The number of hydrogen-bond acceptors (Lipinski definition) is 1. The molecule has 0 radical (unpaired) electrons. The second kappa shape index (κ2) is 4.51. The fraction of sp³-hybridized carbons (Fsp3) is 0.167. The first-order valence-corrected chi connectivity index (χ1v) is 4.44. The summed E-state index contributed by atoms with van der Waals surface area (Å²) in [5.41, 5.74) is 2.44. The molecule has 13 heavy (non-hydrogen) atoms. The first-order valence-electron chi connectivity index (χ1n) is 4.44. The summed E-state index contributed by atoms with van der Waals surface area (Å²) >= 11 is 0. The minimum absolute atomic E-state index is 1.05. The number of aryl methyl sites for hydroxylation is 1. The van der Waals surface area contributed by atoms with Gasteiger partial charge in [0, 0.05) is 18.1 Å². The molecule has 0 bridgehead atoms. The van der Waals surface area contributed by atoms with Crippen LogP contribution in [-0.2, 0) is 6.42 Å². The van der Waals surface area contributed by atoms with Gasteiger partial charge >= 0.3 is 0 Å². The molecule has 1 aromatic carbocycles. The van der Waals surface area contributed by atoms with Gasteiger partial charge in [-0.05, 0) is 24.1 Å². The van der Waals surface area contributed by atoms with Crippen molar-refractivity contribution in [3.8, 4) is 0 Å². The summed E-state index contributed by atoms with van der Waals surface area (Å²) < 4.78 is 0. The first kappa shape index (κ1) is 9.59. The number of rotatable bonds is 4. The van der Waals surface area contributed by atoms with Crippen LogP contribution < -0.4 is 4.90 Å². The molecule has 0 amide bonds. The first-order chi connectivity index (χ1) is 6.31. The number of anilines is 1. The van der Waals surface area contributed by atoms with Crippen molar-refractivity contribution in [2.45, 2.75) is 13.3 Å². The Kier molecular flexibility index (Phi) is 3.32. The van der Waals surface area contributed by atoms with Crippen molar-refractivity contribution in [3.63, 3.8) is 0 Å². The van der Waals surface area contributed by atoms with E-state index in [1.54, 1.807) is 12.4 Å². The predicted octanol–water partition coefficient (Wildman–Crippen LogP) is 3.34. The Bertz CT molecular complexity index is 294. The standard InChI is InChI=1S/C12H15N/c1-4-11-8-7-9-12(10-11)13(5-2)6-3/h5-10H,2-4H2,1H3. The van der Waals surface area contributed by atoms with Gasteiger partial charge in [0.25, 0.3) is 0 Å². The molecule has 0 saturated heterocycles. The molecule has 0 N–H and O–H groups in total. The molecular weight excluding hydrogens is 158 g/mol. The van der Waals surface area contributed by atoms with Crippen LogP contribution in [-0.4, -0.2) is 0 Å². The largest absolute Gasteiger partial charge is 0.325 e. The molecule has 0 atom stereocenters. The average Bonchev–Trinajstić information content (AvgIpc) is 2.20. The van der Waals surface area contributed by atoms with Crippen molar-refractivity contribution in [2.75, 3.05) is 4.90 Å². The van der Waals surface area contributed by atoms with E-state index in [1.807, 2.05) is 17.0 Å². The molecule has 0 aliphatic heterocycles. The second-order valence-electron chi connectivity index (χ2n) is 2.80. The Morgan fingerprint density at radius 1 is 1.31 bits per heavy atom. The molecule has 1 heteroatoms. The predicted molar refractivity (Wildman–Crippen MR) is 58.7 cm³/mol. The Balaban J connectivity index is 2.99. The summed E-state index contributed by atoms with van der Waals surface area (Å²) in [7, 11) is 0. The van der Waals surface area contributed by atoms with E-state index in [1.165, 1.54) is 5.56 Å². The highest BCUT2D eigenvalue weighted by atomic mass is 15.1. The lowest BCUT2D eigenvalue weighted by Crippen LogP contribution is -2.05. The van der Waals surface area contributed by atoms with Gasteiger partial charge in [0.1, 0.15) is 0 Å². The minimum Gasteiger partial charge on any atom is -0.325 e. The molecule has 0 unspecified atom stereocenters. The van der Waals surface area contributed by atoms with E-state index in [0.717, 1.165) is 12.1 Å². The number of hydrogen-bond donors (Lipinski definition) is 0. The maximum absolute atomic E-state index is 3.72. The van der Waals surface area contributed by atoms with Crippen molar-refractivity contribution in [2.24, 2.45) is 0 Å². The van der Waals surface area contributed by atoms with E-state index in [2.05, 4.69) is 32.2 Å². The minimum atomic E-state index is 1.05. The van der Waals surface area contributed by atoms with E-state index in [9.17, 15) is 0 Å². The van der Waals surface area contributed by atoms with Gasteiger partial charge in [-0.3, -0.25) is 0 Å². The van der Waals surface area contributed by atoms with Crippen LogP contribution in [0.25, 0.3) is 0 Å². The van der Waals surface area contributed by atoms with Gasteiger partial charge in [0.2, 0.25) is 0 Å². The zero-order chi connectivity index (χ0) is 9.68. The van der Waals surface area contributed by atoms with Crippen LogP contribution in [0.2, 0.25) is 0 Å². The lowest BCUT2D eigenvalue weighted by Gasteiger charge is -2.14. The van der Waals surface area contributed by atoms with Crippen molar-refractivity contribution in [1.29, 1.82) is 0 Å². The molecular formula is C12H15N. The van der Waals surface area contributed by atoms with Gasteiger partial charge in [-0.1, -0.05) is 32.2 Å². The molecule has 0 aromatic heterocycles. The topological polar surface area (TPSA) is 3.24 Å². The molecule has 0 aliphatic rings. The monoisotopic (exact) mass is 173 g/mol. The Morgan fingerprint density at radius 3 is 2.54 bits per heavy atom. The molecule has 1 rings (SSSR count). The van der Waals surface area contributed by atoms with Crippen molar-refractivity contribution < 1.29 is 0 Å². The molecule has 0 saturated carbocycles. The van der Waals surface area contributed by atoms with Gasteiger partial charge in [-0.2, -0.15) is 0 Å². The average molecular weight is 173 g/mol. The maximum atomic E-state index is 3.72. The lowest BCUT2D eigenvalue weighted by molar-refractivity contribution is 1.13. The fourth-order valence-corrected chi connectivity index (χ4v) is 1.22. The van der Waals surface area contributed by atoms with Crippen LogP contribution >= 0.6 is 0 Å². The molecule has 68 valence electrons. The highest BCUT2D eigenvalue weighted by molar-refractivity contribution is 5.53. The quantitative estimate of drug-likeness (QED) is 0.675. The summed E-state index contributed by atoms with van der Waals surface area (Å²) in [4.78, 5) is 1.90. The Hall–Kier alpha value is -1.50. The molecule has 1 nitrogen and oxygen atoms in total. The lowest BCUT2D eigenvalue weighted by atomic mass is 10.1. The smallest absolute Gasteiger partial charge is 0.0451 e. The van der Waals surface area contributed by atoms with E-state index in [-0.39, 0.29) is 0 Å². The van der Waals surface area contributed by atoms with Gasteiger partial charge in [-0.15, -0.1) is 0 Å². The van der Waals surface area contributed by atoms with E-state index in [4.69, 9.17) is 0 Å². The third kappa shape index (κ3) is 2.22. The number of nitrogens with zero attached hydrogens (tertiary/aromatic N) is 1. The van der Waals surface area contributed by atoms with Crippen LogP contribution in [0.3, 0.4) is 0 Å². The van der Waals surface area contributed by atoms with Crippen LogP contribution in [0.15, 0.2) is 49.8 Å². The van der Waals surface area contributed by atoms with Crippen LogP contribution in [0.1, 0.15) is 12.5 Å². The van der Waals surface area contributed by atoms with Gasteiger partial charge < -0.3 is 4.90 Å². The normalized spacial score (nSPS) is 9.31. The van der Waals surface area contributed by atoms with Crippen molar-refractivity contribution in [3.05, 3.63) is 55.4 Å². The SMILES string of the molecule is C=CN(C=C)c1cccc(CC)c1. The van der Waals surface area contributed by atoms with Crippen molar-refractivity contribution >= 4 is 5.69 Å². The molecule has 0 spiro atoms. The Morgan fingerprint density at radius 2 is 2.00 bits per heavy atom. The van der Waals surface area contributed by atoms with Gasteiger partial charge in [0.15, 0.2) is 0 Å². The summed E-state index contributed by atoms with van der Waals surface area (Å²) in [6.45, 7) is 9.58. The van der Waals surface area contributed by atoms with Gasteiger partial charge in [-0.25, -0.2) is 0 Å². The molecule has 0 fully saturated rings. The zero-order valence-electron chi connectivity index (χ0n) is 8.03. The summed E-state index contributed by atoms with van der Waals surface area (Å²) in [5.74, 6) is 0. The third-order valence-electron chi connectivity index (χ3n) is 2.01. The third-order valence-corrected chi connectivity index (χ3v) is 2.01. The fourth-order valence-electron chi connectivity index (χ4n) is 1.22. The van der Waals surface area contributed by atoms with E-state index in [0.29, 0.717) is 0 Å². The van der Waals surface area contributed by atoms with E-state index >= 15 is 0 Å². The van der Waals surface area contributed by atoms with Gasteiger partial charge in [0.05, 0.1) is 0 Å². The van der Waals surface area contributed by atoms with E-state index < -0.39 is 0 Å². The van der Waals surface area contributed by atoms with Crippen molar-refractivity contribution in [1.82, 2.24) is 0 Å². The van der Waals surface area contributed by atoms with Crippen LogP contribution in [0, 0.1) is 0 Å². The molecule has 0 aliphatic carbocycles. The number of benzene rings is 1. The maximum Gasteiger partial charge on any atom is 0.0451 e. The summed E-state index contributed by atoms with van der Waals surface area (Å²) in [5, 5.41) is 0. The Labute approximate surface area is 80.0 Å². The molecule has 1 aromatic rings. The molecule has 0 heterocycles. The van der Waals surface area contributed by atoms with Crippen LogP contribution in [0.5, 0.6) is 0 Å². The zero-order valence-corrected chi connectivity index (χ0v) is 8.03.